The zero-order valence-electron chi connectivity index (χ0n) is 13.1. The number of amides is 1. The van der Waals surface area contributed by atoms with Gasteiger partial charge in [0, 0.05) is 25.0 Å². The van der Waals surface area contributed by atoms with Crippen LogP contribution < -0.4 is 5.32 Å². The van der Waals surface area contributed by atoms with Crippen molar-refractivity contribution in [3.05, 3.63) is 42.5 Å². The van der Waals surface area contributed by atoms with Crippen molar-refractivity contribution < 1.29 is 4.79 Å². The van der Waals surface area contributed by atoms with E-state index in [0.29, 0.717) is 5.56 Å². The molecule has 2 aliphatic heterocycles. The molecule has 1 amide bonds. The number of piperidine rings is 1. The van der Waals surface area contributed by atoms with Gasteiger partial charge in [0.2, 0.25) is 0 Å². The molecule has 0 aliphatic carbocycles. The van der Waals surface area contributed by atoms with Crippen LogP contribution in [0, 0.1) is 5.41 Å². The van der Waals surface area contributed by atoms with E-state index in [1.807, 2.05) is 29.2 Å². The van der Waals surface area contributed by atoms with E-state index in [9.17, 15) is 4.79 Å². The van der Waals surface area contributed by atoms with Gasteiger partial charge < -0.3 is 10.2 Å². The summed E-state index contributed by atoms with van der Waals surface area (Å²) in [5.74, 6) is 0.0959. The molecule has 3 heterocycles. The Morgan fingerprint density at radius 2 is 2.17 bits per heavy atom. The molecule has 1 atom stereocenters. The molecule has 23 heavy (non-hydrogen) atoms. The summed E-state index contributed by atoms with van der Waals surface area (Å²) >= 11 is 0. The first kappa shape index (κ1) is 14.4. The van der Waals surface area contributed by atoms with E-state index in [4.69, 9.17) is 0 Å². The van der Waals surface area contributed by atoms with Gasteiger partial charge in [-0.05, 0) is 37.9 Å². The van der Waals surface area contributed by atoms with Crippen molar-refractivity contribution in [2.75, 3.05) is 26.2 Å². The number of aromatic nitrogens is 3. The van der Waals surface area contributed by atoms with Gasteiger partial charge in [0.1, 0.15) is 12.7 Å². The Bertz CT molecular complexity index is 691. The second-order valence-electron chi connectivity index (χ2n) is 6.61. The van der Waals surface area contributed by atoms with Crippen molar-refractivity contribution in [1.29, 1.82) is 0 Å². The van der Waals surface area contributed by atoms with Crippen molar-refractivity contribution in [2.24, 2.45) is 5.41 Å². The Balaban J connectivity index is 1.59. The molecule has 2 saturated heterocycles. The summed E-state index contributed by atoms with van der Waals surface area (Å²) < 4.78 is 1.65. The third-order valence-corrected chi connectivity index (χ3v) is 5.09. The number of carbonyl (C=O) groups is 1. The molecule has 0 saturated carbocycles. The summed E-state index contributed by atoms with van der Waals surface area (Å²) in [6, 6.07) is 7.62. The van der Waals surface area contributed by atoms with Gasteiger partial charge in [0.25, 0.3) is 5.91 Å². The molecule has 1 aromatic heterocycles. The van der Waals surface area contributed by atoms with Gasteiger partial charge in [-0.1, -0.05) is 12.1 Å². The lowest BCUT2D eigenvalue weighted by Gasteiger charge is -2.33. The van der Waals surface area contributed by atoms with E-state index in [1.165, 1.54) is 19.2 Å². The average molecular weight is 311 g/mol. The van der Waals surface area contributed by atoms with Gasteiger partial charge in [-0.25, -0.2) is 9.67 Å². The highest BCUT2D eigenvalue weighted by molar-refractivity contribution is 5.98. The summed E-state index contributed by atoms with van der Waals surface area (Å²) in [6.45, 7) is 3.82. The van der Waals surface area contributed by atoms with Crippen LogP contribution in [0.3, 0.4) is 0 Å². The number of hydrogen-bond donors (Lipinski definition) is 1. The largest absolute Gasteiger partial charge is 0.338 e. The van der Waals surface area contributed by atoms with Crippen molar-refractivity contribution in [2.45, 2.75) is 19.3 Å². The third-order valence-electron chi connectivity index (χ3n) is 5.09. The van der Waals surface area contributed by atoms with Crippen LogP contribution in [-0.2, 0) is 0 Å². The Morgan fingerprint density at radius 1 is 1.26 bits per heavy atom. The lowest BCUT2D eigenvalue weighted by Crippen LogP contribution is -2.42. The van der Waals surface area contributed by atoms with E-state index < -0.39 is 0 Å². The molecule has 6 heteroatoms. The number of hydrogen-bond acceptors (Lipinski definition) is 4. The summed E-state index contributed by atoms with van der Waals surface area (Å²) in [4.78, 5) is 19.0. The number of carbonyl (C=O) groups excluding carboxylic acids is 1. The highest BCUT2D eigenvalue weighted by Gasteiger charge is 2.41. The molecule has 4 rings (SSSR count). The Morgan fingerprint density at radius 3 is 2.96 bits per heavy atom. The normalized spacial score (nSPS) is 24.3. The number of para-hydroxylation sites is 1. The first-order valence-electron chi connectivity index (χ1n) is 8.22. The van der Waals surface area contributed by atoms with Crippen LogP contribution in [0.25, 0.3) is 5.69 Å². The minimum Gasteiger partial charge on any atom is -0.338 e. The van der Waals surface area contributed by atoms with Crippen molar-refractivity contribution in [3.8, 4) is 5.69 Å². The third kappa shape index (κ3) is 2.63. The monoisotopic (exact) mass is 311 g/mol. The van der Waals surface area contributed by atoms with Gasteiger partial charge in [0.15, 0.2) is 0 Å². The Labute approximate surface area is 135 Å². The Hall–Kier alpha value is -2.21. The zero-order chi connectivity index (χ0) is 15.7. The second-order valence-corrected chi connectivity index (χ2v) is 6.61. The molecular formula is C17H21N5O. The maximum absolute atomic E-state index is 13.0. The fraction of sp³-hybridized carbons (Fsp3) is 0.471. The van der Waals surface area contributed by atoms with Crippen molar-refractivity contribution in [3.63, 3.8) is 0 Å². The molecule has 2 aromatic rings. The quantitative estimate of drug-likeness (QED) is 0.912. The van der Waals surface area contributed by atoms with Crippen molar-refractivity contribution in [1.82, 2.24) is 25.0 Å². The molecule has 0 bridgehead atoms. The number of rotatable bonds is 2. The highest BCUT2D eigenvalue weighted by atomic mass is 16.2. The molecule has 1 N–H and O–H groups in total. The molecule has 2 aliphatic rings. The topological polar surface area (TPSA) is 63.1 Å². The van der Waals surface area contributed by atoms with Gasteiger partial charge in [0.05, 0.1) is 11.3 Å². The van der Waals surface area contributed by atoms with Crippen LogP contribution in [-0.4, -0.2) is 51.8 Å². The van der Waals surface area contributed by atoms with E-state index in [-0.39, 0.29) is 11.3 Å². The fourth-order valence-corrected chi connectivity index (χ4v) is 3.84. The summed E-state index contributed by atoms with van der Waals surface area (Å²) in [5, 5.41) is 7.65. The maximum atomic E-state index is 13.0. The minimum atomic E-state index is 0.0959. The highest BCUT2D eigenvalue weighted by Crippen LogP contribution is 2.37. The molecule has 0 radical (unpaired) electrons. The molecule has 0 unspecified atom stereocenters. The van der Waals surface area contributed by atoms with Crippen LogP contribution in [0.15, 0.2) is 36.9 Å². The van der Waals surface area contributed by atoms with Crippen LogP contribution in [0.2, 0.25) is 0 Å². The smallest absolute Gasteiger partial charge is 0.256 e. The predicted molar refractivity (Wildman–Crippen MR) is 86.4 cm³/mol. The number of benzene rings is 1. The summed E-state index contributed by atoms with van der Waals surface area (Å²) in [7, 11) is 0. The first-order chi connectivity index (χ1) is 11.3. The van der Waals surface area contributed by atoms with E-state index in [1.54, 1.807) is 11.0 Å². The lowest BCUT2D eigenvalue weighted by molar-refractivity contribution is 0.0764. The summed E-state index contributed by atoms with van der Waals surface area (Å²) in [5.41, 5.74) is 1.76. The molecule has 6 nitrogen and oxygen atoms in total. The second kappa shape index (κ2) is 5.77. The molecule has 1 aromatic carbocycles. The van der Waals surface area contributed by atoms with E-state index in [2.05, 4.69) is 15.4 Å². The maximum Gasteiger partial charge on any atom is 0.256 e. The molecule has 120 valence electrons. The van der Waals surface area contributed by atoms with Gasteiger partial charge >= 0.3 is 0 Å². The van der Waals surface area contributed by atoms with Crippen LogP contribution in [0.5, 0.6) is 0 Å². The number of nitrogens with one attached hydrogen (secondary N) is 1. The van der Waals surface area contributed by atoms with Crippen LogP contribution in [0.4, 0.5) is 0 Å². The summed E-state index contributed by atoms with van der Waals surface area (Å²) in [6.07, 6.45) is 6.63. The predicted octanol–water partition coefficient (Wildman–Crippen LogP) is 1.48. The standard InChI is InChI=1S/C17H21N5O/c23-16(21-9-7-17(11-21)6-3-8-18-10-17)14-4-1-2-5-15(14)22-13-19-12-20-22/h1-2,4-5,12-13,18H,3,6-11H2/t17-/m0/s1. The molecule has 2 fully saturated rings. The number of nitrogens with zero attached hydrogens (tertiary/aromatic N) is 4. The SMILES string of the molecule is O=C(c1ccccc1-n1cncn1)N1CC[C@]2(CCCNC2)C1. The first-order valence-corrected chi connectivity index (χ1v) is 8.22. The lowest BCUT2D eigenvalue weighted by atomic mass is 9.80. The van der Waals surface area contributed by atoms with Crippen LogP contribution in [0.1, 0.15) is 29.6 Å². The zero-order valence-corrected chi connectivity index (χ0v) is 13.1. The fourth-order valence-electron chi connectivity index (χ4n) is 3.84. The van der Waals surface area contributed by atoms with Gasteiger partial charge in [-0.2, -0.15) is 5.10 Å². The van der Waals surface area contributed by atoms with Gasteiger partial charge in [-0.15, -0.1) is 0 Å². The van der Waals surface area contributed by atoms with E-state index in [0.717, 1.165) is 38.3 Å². The average Bonchev–Trinajstić information content (AvgIpc) is 3.26. The number of likely N-dealkylation sites (tertiary alicyclic amines) is 1. The molecule has 1 spiro atoms. The minimum absolute atomic E-state index is 0.0959. The Kier molecular flexibility index (Phi) is 3.61. The molecular weight excluding hydrogens is 290 g/mol. The van der Waals surface area contributed by atoms with Gasteiger partial charge in [-0.3, -0.25) is 4.79 Å². The van der Waals surface area contributed by atoms with E-state index >= 15 is 0 Å². The van der Waals surface area contributed by atoms with Crippen molar-refractivity contribution >= 4 is 5.91 Å². The van der Waals surface area contributed by atoms with Crippen LogP contribution >= 0.6 is 0 Å².